The van der Waals surface area contributed by atoms with Crippen molar-refractivity contribution in [2.45, 2.75) is 31.1 Å². The Kier molecular flexibility index (Phi) is 4.37. The molecular formula is C20H22O3. The van der Waals surface area contributed by atoms with Gasteiger partial charge in [0.05, 0.1) is 14.2 Å². The average molecular weight is 310 g/mol. The molecule has 0 aliphatic heterocycles. The number of ketones is 1. The second kappa shape index (κ2) is 6.45. The standard InChI is InChI=1S/C20H22O3/c1-22-18-10-8-15(9-11-18)20(12-4-6-17(21)14-20)16-5-3-7-19(13-16)23-2/h3,5,7-11,13H,4,6,12,14H2,1-2H3/t20-/m1/s1. The molecule has 1 aliphatic carbocycles. The van der Waals surface area contributed by atoms with Crippen LogP contribution in [0.3, 0.4) is 0 Å². The van der Waals surface area contributed by atoms with E-state index in [1.165, 1.54) is 5.56 Å². The molecule has 2 aromatic rings. The molecule has 1 aliphatic rings. The van der Waals surface area contributed by atoms with Gasteiger partial charge in [-0.1, -0.05) is 24.3 Å². The molecule has 0 heterocycles. The summed E-state index contributed by atoms with van der Waals surface area (Å²) in [4.78, 5) is 12.2. The summed E-state index contributed by atoms with van der Waals surface area (Å²) in [6.07, 6.45) is 3.12. The van der Waals surface area contributed by atoms with Crippen molar-refractivity contribution in [1.29, 1.82) is 0 Å². The molecule has 2 aromatic carbocycles. The number of hydrogen-bond acceptors (Lipinski definition) is 3. The largest absolute Gasteiger partial charge is 0.497 e. The fourth-order valence-corrected chi connectivity index (χ4v) is 3.59. The van der Waals surface area contributed by atoms with Gasteiger partial charge in [-0.3, -0.25) is 4.79 Å². The van der Waals surface area contributed by atoms with Gasteiger partial charge in [-0.05, 0) is 48.2 Å². The van der Waals surface area contributed by atoms with Crippen LogP contribution in [0.1, 0.15) is 36.8 Å². The highest BCUT2D eigenvalue weighted by Gasteiger charge is 2.39. The van der Waals surface area contributed by atoms with Gasteiger partial charge in [0, 0.05) is 18.3 Å². The lowest BCUT2D eigenvalue weighted by Gasteiger charge is -2.38. The average Bonchev–Trinajstić information content (AvgIpc) is 2.61. The van der Waals surface area contributed by atoms with Crippen molar-refractivity contribution >= 4 is 5.78 Å². The second-order valence-electron chi connectivity index (χ2n) is 6.11. The third kappa shape index (κ3) is 2.96. The van der Waals surface area contributed by atoms with Crippen molar-refractivity contribution in [3.05, 3.63) is 59.7 Å². The Balaban J connectivity index is 2.11. The summed E-state index contributed by atoms with van der Waals surface area (Å²) >= 11 is 0. The maximum absolute atomic E-state index is 12.2. The van der Waals surface area contributed by atoms with Gasteiger partial charge < -0.3 is 9.47 Å². The van der Waals surface area contributed by atoms with Crippen molar-refractivity contribution < 1.29 is 14.3 Å². The van der Waals surface area contributed by atoms with Crippen molar-refractivity contribution in [3.63, 3.8) is 0 Å². The second-order valence-corrected chi connectivity index (χ2v) is 6.11. The topological polar surface area (TPSA) is 35.5 Å². The SMILES string of the molecule is COc1ccc([C@@]2(c3cccc(OC)c3)CCCC(=O)C2)cc1. The van der Waals surface area contributed by atoms with Crippen molar-refractivity contribution in [2.75, 3.05) is 14.2 Å². The fourth-order valence-electron chi connectivity index (χ4n) is 3.59. The quantitative estimate of drug-likeness (QED) is 0.851. The van der Waals surface area contributed by atoms with Crippen LogP contribution in [0.4, 0.5) is 0 Å². The highest BCUT2D eigenvalue weighted by atomic mass is 16.5. The van der Waals surface area contributed by atoms with E-state index in [9.17, 15) is 4.79 Å². The highest BCUT2D eigenvalue weighted by Crippen LogP contribution is 2.44. The number of benzene rings is 2. The highest BCUT2D eigenvalue weighted by molar-refractivity contribution is 5.82. The first-order chi connectivity index (χ1) is 11.2. The number of Topliss-reactive ketones (excluding diaryl/α,β-unsaturated/α-hetero) is 1. The summed E-state index contributed by atoms with van der Waals surface area (Å²) in [5.41, 5.74) is 2.05. The molecule has 0 spiro atoms. The summed E-state index contributed by atoms with van der Waals surface area (Å²) in [7, 11) is 3.34. The lowest BCUT2D eigenvalue weighted by Crippen LogP contribution is -2.34. The minimum atomic E-state index is -0.268. The minimum Gasteiger partial charge on any atom is -0.497 e. The monoisotopic (exact) mass is 310 g/mol. The Hall–Kier alpha value is -2.29. The lowest BCUT2D eigenvalue weighted by molar-refractivity contribution is -0.121. The first-order valence-corrected chi connectivity index (χ1v) is 7.99. The molecule has 120 valence electrons. The van der Waals surface area contributed by atoms with Gasteiger partial charge in [0.25, 0.3) is 0 Å². The molecule has 0 radical (unpaired) electrons. The summed E-state index contributed by atoms with van der Waals surface area (Å²) in [5.74, 6) is 1.99. The van der Waals surface area contributed by atoms with Crippen LogP contribution in [0.2, 0.25) is 0 Å². The van der Waals surface area contributed by atoms with Crippen molar-refractivity contribution in [3.8, 4) is 11.5 Å². The van der Waals surface area contributed by atoms with E-state index in [4.69, 9.17) is 9.47 Å². The number of methoxy groups -OCH3 is 2. The minimum absolute atomic E-state index is 0.268. The first kappa shape index (κ1) is 15.6. The van der Waals surface area contributed by atoms with Gasteiger partial charge in [-0.25, -0.2) is 0 Å². The van der Waals surface area contributed by atoms with Crippen LogP contribution in [0.5, 0.6) is 11.5 Å². The molecule has 0 bridgehead atoms. The van der Waals surface area contributed by atoms with Gasteiger partial charge in [-0.15, -0.1) is 0 Å². The maximum Gasteiger partial charge on any atom is 0.134 e. The van der Waals surface area contributed by atoms with Gasteiger partial charge >= 0.3 is 0 Å². The molecule has 3 heteroatoms. The Labute approximate surface area is 137 Å². The Morgan fingerprint density at radius 1 is 0.913 bits per heavy atom. The third-order valence-corrected chi connectivity index (χ3v) is 4.82. The van der Waals surface area contributed by atoms with Gasteiger partial charge in [0.15, 0.2) is 0 Å². The molecular weight excluding hydrogens is 288 g/mol. The number of hydrogen-bond donors (Lipinski definition) is 0. The first-order valence-electron chi connectivity index (χ1n) is 7.99. The van der Waals surface area contributed by atoms with Crippen molar-refractivity contribution in [2.24, 2.45) is 0 Å². The molecule has 1 saturated carbocycles. The zero-order chi connectivity index (χ0) is 16.3. The van der Waals surface area contributed by atoms with Gasteiger partial charge in [0.1, 0.15) is 17.3 Å². The molecule has 0 aromatic heterocycles. The molecule has 1 atom stereocenters. The fraction of sp³-hybridized carbons (Fsp3) is 0.350. The van der Waals surface area contributed by atoms with Crippen LogP contribution in [0.25, 0.3) is 0 Å². The van der Waals surface area contributed by atoms with Crippen LogP contribution >= 0.6 is 0 Å². The molecule has 0 N–H and O–H groups in total. The van der Waals surface area contributed by atoms with E-state index in [1.807, 2.05) is 24.3 Å². The lowest BCUT2D eigenvalue weighted by atomic mass is 9.65. The summed E-state index contributed by atoms with van der Waals surface area (Å²) in [5, 5.41) is 0. The van der Waals surface area contributed by atoms with Crippen molar-refractivity contribution in [1.82, 2.24) is 0 Å². The predicted molar refractivity (Wildman–Crippen MR) is 90.2 cm³/mol. The Morgan fingerprint density at radius 3 is 2.30 bits per heavy atom. The Bertz CT molecular complexity index is 690. The number of rotatable bonds is 4. The summed E-state index contributed by atoms with van der Waals surface area (Å²) in [6.45, 7) is 0. The van der Waals surface area contributed by atoms with E-state index in [0.717, 1.165) is 29.9 Å². The normalized spacial score (nSPS) is 21.0. The molecule has 1 fully saturated rings. The van der Waals surface area contributed by atoms with E-state index >= 15 is 0 Å². The number of carbonyl (C=O) groups is 1. The smallest absolute Gasteiger partial charge is 0.134 e. The maximum atomic E-state index is 12.2. The molecule has 0 unspecified atom stereocenters. The molecule has 0 amide bonds. The van der Waals surface area contributed by atoms with E-state index in [2.05, 4.69) is 24.3 Å². The molecule has 0 saturated heterocycles. The number of ether oxygens (including phenoxy) is 2. The van der Waals surface area contributed by atoms with Crippen LogP contribution in [0.15, 0.2) is 48.5 Å². The summed E-state index contributed by atoms with van der Waals surface area (Å²) < 4.78 is 10.7. The Morgan fingerprint density at radius 2 is 1.65 bits per heavy atom. The van der Waals surface area contributed by atoms with E-state index in [-0.39, 0.29) is 5.41 Å². The molecule has 23 heavy (non-hydrogen) atoms. The third-order valence-electron chi connectivity index (χ3n) is 4.82. The van der Waals surface area contributed by atoms with E-state index in [1.54, 1.807) is 14.2 Å². The van der Waals surface area contributed by atoms with Crippen LogP contribution in [-0.4, -0.2) is 20.0 Å². The van der Waals surface area contributed by atoms with Gasteiger partial charge in [0.2, 0.25) is 0 Å². The van der Waals surface area contributed by atoms with Crippen LogP contribution < -0.4 is 9.47 Å². The molecule has 3 rings (SSSR count). The van der Waals surface area contributed by atoms with Gasteiger partial charge in [-0.2, -0.15) is 0 Å². The van der Waals surface area contributed by atoms with Crippen LogP contribution in [-0.2, 0) is 10.2 Å². The zero-order valence-corrected chi connectivity index (χ0v) is 13.7. The predicted octanol–water partition coefficient (Wildman–Crippen LogP) is 4.13. The zero-order valence-electron chi connectivity index (χ0n) is 13.7. The van der Waals surface area contributed by atoms with Crippen LogP contribution in [0, 0.1) is 0 Å². The van der Waals surface area contributed by atoms with E-state index < -0.39 is 0 Å². The molecule has 3 nitrogen and oxygen atoms in total. The summed E-state index contributed by atoms with van der Waals surface area (Å²) in [6, 6.07) is 16.2. The number of carbonyl (C=O) groups excluding carboxylic acids is 1. The van der Waals surface area contributed by atoms with E-state index in [0.29, 0.717) is 18.6 Å².